The van der Waals surface area contributed by atoms with Crippen molar-refractivity contribution in [2.75, 3.05) is 18.4 Å². The minimum Gasteiger partial charge on any atom is -0.481 e. The van der Waals surface area contributed by atoms with E-state index in [1.54, 1.807) is 42.4 Å². The molecule has 0 fully saturated rings. The topological polar surface area (TPSA) is 215 Å². The number of carbonyl (C=O) groups excluding carboxylic acids is 3. The molecule has 4 N–H and O–H groups in total. The van der Waals surface area contributed by atoms with Gasteiger partial charge in [0.05, 0.1) is 18.7 Å². The van der Waals surface area contributed by atoms with Crippen LogP contribution in [0.1, 0.15) is 55.5 Å². The molecule has 0 aliphatic carbocycles. The van der Waals surface area contributed by atoms with Crippen LogP contribution in [0.3, 0.4) is 0 Å². The summed E-state index contributed by atoms with van der Waals surface area (Å²) in [4.78, 5) is 66.1. The summed E-state index contributed by atoms with van der Waals surface area (Å²) in [7, 11) is 0. The highest BCUT2D eigenvalue weighted by Crippen LogP contribution is 2.25. The van der Waals surface area contributed by atoms with E-state index in [1.165, 1.54) is 4.68 Å². The normalized spacial score (nSPS) is 12.0. The lowest BCUT2D eigenvalue weighted by Gasteiger charge is -2.16. The van der Waals surface area contributed by atoms with Gasteiger partial charge in [-0.2, -0.15) is 5.10 Å². The number of nitrogens with zero attached hydrogens (tertiary/aromatic N) is 6. The number of carboxylic acid groups (broad SMARTS) is 1. The second kappa shape index (κ2) is 16.3. The first-order valence-electron chi connectivity index (χ1n) is 15.9. The molecule has 0 radical (unpaired) electrons. The standard InChI is InChI=1S/C33H37N9O7/c1-21-38-39-31(49-21)26-16-27(22-6-8-25(9-7-22)37-33(48)41-19-23-12-14-34-17-24(23)20-41)40-42(32(26)47)15-5-3-2-4-13-35-29(44)18-36-28(43)10-11-30(45)46/h6-9,12,14,16-17H,2-5,10-11,13,15,18-20H2,1H3,(H,35,44)(H,36,43)(H,37,48)(H,45,46). The molecule has 1 aliphatic heterocycles. The summed E-state index contributed by atoms with van der Waals surface area (Å²) in [6, 6.07) is 10.5. The molecule has 4 amide bonds. The van der Waals surface area contributed by atoms with Crippen LogP contribution in [0.15, 0.2) is 58.0 Å². The Labute approximate surface area is 280 Å². The number of aryl methyl sites for hydroxylation is 2. The lowest BCUT2D eigenvalue weighted by atomic mass is 10.1. The van der Waals surface area contributed by atoms with Crippen LogP contribution in [-0.2, 0) is 34.0 Å². The zero-order valence-corrected chi connectivity index (χ0v) is 27.0. The number of amides is 4. The van der Waals surface area contributed by atoms with E-state index in [0.717, 1.165) is 29.5 Å². The van der Waals surface area contributed by atoms with Crippen LogP contribution in [0.2, 0.25) is 0 Å². The average molecular weight is 672 g/mol. The number of hydrogen-bond donors (Lipinski definition) is 4. The van der Waals surface area contributed by atoms with Gasteiger partial charge in [-0.05, 0) is 48.2 Å². The first kappa shape index (κ1) is 34.4. The molecule has 4 heterocycles. The number of urea groups is 1. The maximum Gasteiger partial charge on any atom is 0.322 e. The van der Waals surface area contributed by atoms with Gasteiger partial charge in [-0.1, -0.05) is 25.0 Å². The Bertz CT molecular complexity index is 1850. The first-order valence-corrected chi connectivity index (χ1v) is 15.9. The fraction of sp³-hybridized carbons (Fsp3) is 0.364. The van der Waals surface area contributed by atoms with E-state index in [2.05, 4.69) is 36.2 Å². The van der Waals surface area contributed by atoms with E-state index < -0.39 is 11.9 Å². The van der Waals surface area contributed by atoms with Crippen molar-refractivity contribution in [1.29, 1.82) is 0 Å². The second-order valence-corrected chi connectivity index (χ2v) is 11.5. The van der Waals surface area contributed by atoms with Gasteiger partial charge in [0.2, 0.25) is 17.7 Å². The second-order valence-electron chi connectivity index (χ2n) is 11.5. The van der Waals surface area contributed by atoms with Crippen molar-refractivity contribution in [3.05, 3.63) is 76.2 Å². The Hall–Kier alpha value is -5.93. The van der Waals surface area contributed by atoms with Gasteiger partial charge in [-0.25, -0.2) is 9.48 Å². The number of nitrogens with one attached hydrogen (secondary N) is 3. The number of hydrogen-bond acceptors (Lipinski definition) is 10. The Morgan fingerprint density at radius 1 is 0.918 bits per heavy atom. The summed E-state index contributed by atoms with van der Waals surface area (Å²) in [5.41, 5.74) is 3.82. The molecule has 0 bridgehead atoms. The molecule has 0 saturated heterocycles. The van der Waals surface area contributed by atoms with Crippen molar-refractivity contribution in [3.8, 4) is 22.7 Å². The number of carboxylic acids is 1. The number of benzene rings is 1. The molecule has 4 aromatic rings. The molecule has 0 atom stereocenters. The van der Waals surface area contributed by atoms with Crippen molar-refractivity contribution in [2.24, 2.45) is 0 Å². The molecule has 0 spiro atoms. The number of rotatable bonds is 15. The SMILES string of the molecule is Cc1nnc(-c2cc(-c3ccc(NC(=O)N4Cc5ccncc5C4)cc3)nn(CCCCCCNC(=O)CNC(=O)CCC(=O)O)c2=O)o1. The quantitative estimate of drug-likeness (QED) is 0.135. The summed E-state index contributed by atoms with van der Waals surface area (Å²) in [6.45, 7) is 3.19. The van der Waals surface area contributed by atoms with Crippen LogP contribution in [0.5, 0.6) is 0 Å². The van der Waals surface area contributed by atoms with Gasteiger partial charge in [0.25, 0.3) is 11.4 Å². The molecule has 0 unspecified atom stereocenters. The van der Waals surface area contributed by atoms with Gasteiger partial charge in [-0.15, -0.1) is 10.2 Å². The van der Waals surface area contributed by atoms with Gasteiger partial charge in [0, 0.05) is 63.2 Å². The summed E-state index contributed by atoms with van der Waals surface area (Å²) in [5, 5.41) is 29.2. The fourth-order valence-electron chi connectivity index (χ4n) is 5.20. The zero-order valence-electron chi connectivity index (χ0n) is 27.0. The number of fused-ring (bicyclic) bond motifs is 1. The van der Waals surface area contributed by atoms with Crippen LogP contribution < -0.4 is 21.5 Å². The molecule has 1 aliphatic rings. The molecular formula is C33H37N9O7. The van der Waals surface area contributed by atoms with E-state index in [4.69, 9.17) is 9.52 Å². The molecule has 1 aromatic carbocycles. The molecule has 16 heteroatoms. The van der Waals surface area contributed by atoms with Crippen molar-refractivity contribution in [1.82, 2.24) is 40.5 Å². The lowest BCUT2D eigenvalue weighted by molar-refractivity contribution is -0.138. The summed E-state index contributed by atoms with van der Waals surface area (Å²) in [5.74, 6) is -1.51. The lowest BCUT2D eigenvalue weighted by Crippen LogP contribution is -2.37. The number of carbonyl (C=O) groups is 4. The number of aliphatic carboxylic acids is 1. The minimum absolute atomic E-state index is 0.0967. The molecule has 0 saturated carbocycles. The summed E-state index contributed by atoms with van der Waals surface area (Å²) < 4.78 is 6.96. The van der Waals surface area contributed by atoms with Crippen LogP contribution in [-0.4, -0.2) is 71.9 Å². The molecule has 16 nitrogen and oxygen atoms in total. The van der Waals surface area contributed by atoms with E-state index >= 15 is 0 Å². The van der Waals surface area contributed by atoms with Gasteiger partial charge in [-0.3, -0.25) is 24.2 Å². The summed E-state index contributed by atoms with van der Waals surface area (Å²) in [6.07, 6.45) is 5.91. The molecule has 256 valence electrons. The van der Waals surface area contributed by atoms with Crippen molar-refractivity contribution < 1.29 is 28.7 Å². The van der Waals surface area contributed by atoms with Crippen LogP contribution in [0, 0.1) is 6.92 Å². The van der Waals surface area contributed by atoms with E-state index in [0.29, 0.717) is 56.3 Å². The molecular weight excluding hydrogens is 634 g/mol. The Morgan fingerprint density at radius 3 is 2.43 bits per heavy atom. The molecule has 5 rings (SSSR count). The van der Waals surface area contributed by atoms with Gasteiger partial charge >= 0.3 is 12.0 Å². The smallest absolute Gasteiger partial charge is 0.322 e. The number of aromatic nitrogens is 5. The van der Waals surface area contributed by atoms with Crippen LogP contribution >= 0.6 is 0 Å². The predicted octanol–water partition coefficient (Wildman–Crippen LogP) is 2.87. The van der Waals surface area contributed by atoms with Crippen molar-refractivity contribution in [2.45, 2.75) is 65.1 Å². The van der Waals surface area contributed by atoms with Crippen molar-refractivity contribution in [3.63, 3.8) is 0 Å². The first-order chi connectivity index (χ1) is 23.7. The predicted molar refractivity (Wildman–Crippen MR) is 176 cm³/mol. The fourth-order valence-corrected chi connectivity index (χ4v) is 5.20. The highest BCUT2D eigenvalue weighted by atomic mass is 16.4. The Balaban J connectivity index is 1.15. The molecule has 49 heavy (non-hydrogen) atoms. The van der Waals surface area contributed by atoms with E-state index in [1.807, 2.05) is 18.2 Å². The Kier molecular flexibility index (Phi) is 11.4. The highest BCUT2D eigenvalue weighted by molar-refractivity contribution is 5.90. The summed E-state index contributed by atoms with van der Waals surface area (Å²) >= 11 is 0. The number of pyridine rings is 1. The average Bonchev–Trinajstić information content (AvgIpc) is 3.73. The van der Waals surface area contributed by atoms with Crippen LogP contribution in [0.25, 0.3) is 22.7 Å². The third kappa shape index (κ3) is 9.56. The van der Waals surface area contributed by atoms with Crippen molar-refractivity contribution >= 4 is 29.5 Å². The number of anilines is 1. The monoisotopic (exact) mass is 671 g/mol. The third-order valence-corrected chi connectivity index (χ3v) is 7.81. The van der Waals surface area contributed by atoms with E-state index in [-0.39, 0.29) is 48.3 Å². The maximum atomic E-state index is 13.4. The Morgan fingerprint density at radius 2 is 1.69 bits per heavy atom. The van der Waals surface area contributed by atoms with E-state index in [9.17, 15) is 24.0 Å². The zero-order chi connectivity index (χ0) is 34.8. The van der Waals surface area contributed by atoms with Gasteiger partial charge in [0.1, 0.15) is 5.56 Å². The maximum absolute atomic E-state index is 13.4. The van der Waals surface area contributed by atoms with Gasteiger partial charge < -0.3 is 30.4 Å². The third-order valence-electron chi connectivity index (χ3n) is 7.81. The number of unbranched alkanes of at least 4 members (excludes halogenated alkanes) is 3. The molecule has 3 aromatic heterocycles. The highest BCUT2D eigenvalue weighted by Gasteiger charge is 2.23. The van der Waals surface area contributed by atoms with Crippen LogP contribution in [0.4, 0.5) is 10.5 Å². The van der Waals surface area contributed by atoms with Gasteiger partial charge in [0.15, 0.2) is 0 Å². The largest absolute Gasteiger partial charge is 0.481 e. The minimum atomic E-state index is -1.08.